The van der Waals surface area contributed by atoms with Crippen LogP contribution in [0.3, 0.4) is 0 Å². The van der Waals surface area contributed by atoms with Gasteiger partial charge in [0.2, 0.25) is 0 Å². The van der Waals surface area contributed by atoms with Crippen LogP contribution in [0.1, 0.15) is 51.2 Å². The minimum atomic E-state index is 0.884. The summed E-state index contributed by atoms with van der Waals surface area (Å²) in [5.41, 5.74) is 2.88. The summed E-state index contributed by atoms with van der Waals surface area (Å²) < 4.78 is 0. The number of nitrogens with zero attached hydrogens (tertiary/aromatic N) is 1. The van der Waals surface area contributed by atoms with Crippen molar-refractivity contribution in [3.8, 4) is 0 Å². The first kappa shape index (κ1) is 16.2. The van der Waals surface area contributed by atoms with E-state index in [4.69, 9.17) is 0 Å². The maximum absolute atomic E-state index is 2.64. The fourth-order valence-corrected chi connectivity index (χ4v) is 2.72. The Morgan fingerprint density at radius 2 is 1.84 bits per heavy atom. The minimum absolute atomic E-state index is 0.884. The molecule has 0 bridgehead atoms. The standard InChI is InChI=1S/C16H25N.C2H6/c1-3-4-10-17-11-9-16(13-17)12-15-7-5-14(2)6-8-15;1-2/h5-8,16H,3-4,9-13H2,1-2H3;1-2H3. The third-order valence-electron chi connectivity index (χ3n) is 3.84. The lowest BCUT2D eigenvalue weighted by Crippen LogP contribution is -2.22. The van der Waals surface area contributed by atoms with Crippen molar-refractivity contribution in [2.75, 3.05) is 19.6 Å². The van der Waals surface area contributed by atoms with E-state index in [9.17, 15) is 0 Å². The van der Waals surface area contributed by atoms with Crippen LogP contribution >= 0.6 is 0 Å². The Morgan fingerprint density at radius 1 is 1.16 bits per heavy atom. The smallest absolute Gasteiger partial charge is 0.00133 e. The SMILES string of the molecule is CC.CCCCN1CCC(Cc2ccc(C)cc2)C1. The van der Waals surface area contributed by atoms with Crippen LogP contribution in [0.4, 0.5) is 0 Å². The molecule has 0 radical (unpaired) electrons. The van der Waals surface area contributed by atoms with Crippen LogP contribution in [-0.4, -0.2) is 24.5 Å². The first-order valence-corrected chi connectivity index (χ1v) is 8.06. The van der Waals surface area contributed by atoms with Crippen LogP contribution in [0.25, 0.3) is 0 Å². The first-order valence-electron chi connectivity index (χ1n) is 8.06. The second kappa shape index (κ2) is 9.14. The number of hydrogen-bond donors (Lipinski definition) is 0. The van der Waals surface area contributed by atoms with Crippen molar-refractivity contribution < 1.29 is 0 Å². The Hall–Kier alpha value is -0.820. The Labute approximate surface area is 120 Å². The lowest BCUT2D eigenvalue weighted by molar-refractivity contribution is 0.318. The summed E-state index contributed by atoms with van der Waals surface area (Å²) in [6.07, 6.45) is 5.33. The molecule has 0 amide bonds. The van der Waals surface area contributed by atoms with E-state index in [1.807, 2.05) is 13.8 Å². The topological polar surface area (TPSA) is 3.24 Å². The second-order valence-electron chi connectivity index (χ2n) is 5.50. The number of aryl methyl sites for hydroxylation is 1. The summed E-state index contributed by atoms with van der Waals surface area (Å²) in [5, 5.41) is 0. The normalized spacial score (nSPS) is 19.1. The fourth-order valence-electron chi connectivity index (χ4n) is 2.72. The molecule has 0 saturated carbocycles. The molecule has 1 atom stereocenters. The molecule has 2 rings (SSSR count). The first-order chi connectivity index (χ1) is 9.28. The van der Waals surface area contributed by atoms with Gasteiger partial charge in [0.1, 0.15) is 0 Å². The van der Waals surface area contributed by atoms with Crippen LogP contribution in [-0.2, 0) is 6.42 Å². The highest BCUT2D eigenvalue weighted by Crippen LogP contribution is 2.21. The average molecular weight is 261 g/mol. The van der Waals surface area contributed by atoms with E-state index in [2.05, 4.69) is 43.0 Å². The predicted molar refractivity (Wildman–Crippen MR) is 85.7 cm³/mol. The van der Waals surface area contributed by atoms with Gasteiger partial charge in [-0.25, -0.2) is 0 Å². The molecule has 0 spiro atoms. The predicted octanol–water partition coefficient (Wildman–Crippen LogP) is 4.69. The van der Waals surface area contributed by atoms with Crippen molar-refractivity contribution in [2.45, 2.75) is 53.4 Å². The van der Waals surface area contributed by atoms with E-state index in [-0.39, 0.29) is 0 Å². The highest BCUT2D eigenvalue weighted by Gasteiger charge is 2.21. The Balaban J connectivity index is 0.000000861. The molecule has 1 aromatic rings. The van der Waals surface area contributed by atoms with E-state index >= 15 is 0 Å². The molecule has 108 valence electrons. The Morgan fingerprint density at radius 3 is 2.47 bits per heavy atom. The molecule has 1 aromatic carbocycles. The van der Waals surface area contributed by atoms with Gasteiger partial charge in [0.25, 0.3) is 0 Å². The van der Waals surface area contributed by atoms with Gasteiger partial charge < -0.3 is 4.90 Å². The van der Waals surface area contributed by atoms with Crippen LogP contribution in [0.2, 0.25) is 0 Å². The lowest BCUT2D eigenvalue weighted by Gasteiger charge is -2.15. The molecule has 1 saturated heterocycles. The van der Waals surface area contributed by atoms with Crippen LogP contribution < -0.4 is 0 Å². The molecule has 1 nitrogen and oxygen atoms in total. The summed E-state index contributed by atoms with van der Waals surface area (Å²) in [4.78, 5) is 2.64. The molecule has 1 unspecified atom stereocenters. The lowest BCUT2D eigenvalue weighted by atomic mass is 9.98. The average Bonchev–Trinajstić information content (AvgIpc) is 2.89. The molecule has 1 heteroatoms. The van der Waals surface area contributed by atoms with Crippen LogP contribution in [0.15, 0.2) is 24.3 Å². The van der Waals surface area contributed by atoms with Crippen molar-refractivity contribution in [3.63, 3.8) is 0 Å². The summed E-state index contributed by atoms with van der Waals surface area (Å²) in [6, 6.07) is 9.06. The summed E-state index contributed by atoms with van der Waals surface area (Å²) in [6.45, 7) is 12.4. The van der Waals surface area contributed by atoms with Gasteiger partial charge in [0, 0.05) is 6.54 Å². The molecule has 19 heavy (non-hydrogen) atoms. The maximum Gasteiger partial charge on any atom is 0.00133 e. The molecule has 1 aliphatic rings. The minimum Gasteiger partial charge on any atom is -0.303 e. The van der Waals surface area contributed by atoms with Gasteiger partial charge in [0.05, 0.1) is 0 Å². The second-order valence-corrected chi connectivity index (χ2v) is 5.50. The molecular formula is C18H31N. The van der Waals surface area contributed by atoms with Gasteiger partial charge in [-0.05, 0) is 50.8 Å². The number of benzene rings is 1. The molecule has 1 aliphatic heterocycles. The van der Waals surface area contributed by atoms with Crippen molar-refractivity contribution in [2.24, 2.45) is 5.92 Å². The van der Waals surface area contributed by atoms with Gasteiger partial charge in [-0.3, -0.25) is 0 Å². The van der Waals surface area contributed by atoms with Gasteiger partial charge in [-0.1, -0.05) is 57.0 Å². The van der Waals surface area contributed by atoms with Gasteiger partial charge >= 0.3 is 0 Å². The fraction of sp³-hybridized carbons (Fsp3) is 0.667. The molecule has 1 fully saturated rings. The Bertz CT molecular complexity index is 328. The third-order valence-corrected chi connectivity index (χ3v) is 3.84. The van der Waals surface area contributed by atoms with Gasteiger partial charge in [0.15, 0.2) is 0 Å². The molecule has 0 aliphatic carbocycles. The zero-order chi connectivity index (χ0) is 14.1. The summed E-state index contributed by atoms with van der Waals surface area (Å²) in [7, 11) is 0. The summed E-state index contributed by atoms with van der Waals surface area (Å²) in [5.74, 6) is 0.884. The van der Waals surface area contributed by atoms with Gasteiger partial charge in [-0.2, -0.15) is 0 Å². The molecular weight excluding hydrogens is 230 g/mol. The summed E-state index contributed by atoms with van der Waals surface area (Å²) >= 11 is 0. The van der Waals surface area contributed by atoms with E-state index < -0.39 is 0 Å². The van der Waals surface area contributed by atoms with Crippen molar-refractivity contribution in [1.82, 2.24) is 4.90 Å². The zero-order valence-electron chi connectivity index (χ0n) is 13.3. The largest absolute Gasteiger partial charge is 0.303 e. The van der Waals surface area contributed by atoms with Crippen LogP contribution in [0.5, 0.6) is 0 Å². The maximum atomic E-state index is 2.64. The number of hydrogen-bond acceptors (Lipinski definition) is 1. The monoisotopic (exact) mass is 261 g/mol. The van der Waals surface area contributed by atoms with Crippen molar-refractivity contribution in [1.29, 1.82) is 0 Å². The highest BCUT2D eigenvalue weighted by molar-refractivity contribution is 5.21. The third kappa shape index (κ3) is 5.78. The van der Waals surface area contributed by atoms with Gasteiger partial charge in [-0.15, -0.1) is 0 Å². The van der Waals surface area contributed by atoms with E-state index in [1.54, 1.807) is 0 Å². The van der Waals surface area contributed by atoms with E-state index in [0.717, 1.165) is 5.92 Å². The number of rotatable bonds is 5. The Kier molecular flexibility index (Phi) is 7.81. The number of likely N-dealkylation sites (tertiary alicyclic amines) is 1. The quantitative estimate of drug-likeness (QED) is 0.743. The van der Waals surface area contributed by atoms with Crippen LogP contribution in [0, 0.1) is 12.8 Å². The molecule has 0 aromatic heterocycles. The van der Waals surface area contributed by atoms with E-state index in [1.165, 1.54) is 56.4 Å². The molecule has 0 N–H and O–H groups in total. The van der Waals surface area contributed by atoms with Crippen molar-refractivity contribution >= 4 is 0 Å². The van der Waals surface area contributed by atoms with E-state index in [0.29, 0.717) is 0 Å². The van der Waals surface area contributed by atoms with Crippen molar-refractivity contribution in [3.05, 3.63) is 35.4 Å². The highest BCUT2D eigenvalue weighted by atomic mass is 15.1. The zero-order valence-corrected chi connectivity index (χ0v) is 13.3. The molecule has 1 heterocycles. The number of unbranched alkanes of at least 4 members (excludes halogenated alkanes) is 1.